The number of nitrogens with zero attached hydrogens (tertiary/aromatic N) is 4. The van der Waals surface area contributed by atoms with Gasteiger partial charge >= 0.3 is 6.18 Å². The summed E-state index contributed by atoms with van der Waals surface area (Å²) >= 11 is 0. The molecular formula is C22H29F3N4O. The van der Waals surface area contributed by atoms with E-state index in [1.807, 2.05) is 10.7 Å². The molecule has 8 heteroatoms. The van der Waals surface area contributed by atoms with Gasteiger partial charge in [-0.05, 0) is 51.7 Å². The van der Waals surface area contributed by atoms with Crippen molar-refractivity contribution in [3.63, 3.8) is 0 Å². The van der Waals surface area contributed by atoms with E-state index in [1.54, 1.807) is 0 Å². The predicted molar refractivity (Wildman–Crippen MR) is 108 cm³/mol. The molecule has 1 saturated heterocycles. The molecular weight excluding hydrogens is 393 g/mol. The second kappa shape index (κ2) is 8.67. The minimum Gasteiger partial charge on any atom is -0.379 e. The van der Waals surface area contributed by atoms with Gasteiger partial charge in [-0.3, -0.25) is 14.6 Å². The van der Waals surface area contributed by atoms with Gasteiger partial charge in [0, 0.05) is 54.7 Å². The van der Waals surface area contributed by atoms with Gasteiger partial charge in [0.2, 0.25) is 0 Å². The summed E-state index contributed by atoms with van der Waals surface area (Å²) in [6.45, 7) is 7.76. The molecule has 0 radical (unpaired) electrons. The maximum Gasteiger partial charge on any atom is 0.417 e. The number of ether oxygens (including phenoxy) is 1. The van der Waals surface area contributed by atoms with E-state index in [1.165, 1.54) is 6.20 Å². The van der Waals surface area contributed by atoms with Crippen LogP contribution < -0.4 is 0 Å². The zero-order valence-electron chi connectivity index (χ0n) is 17.5. The number of rotatable bonds is 4. The van der Waals surface area contributed by atoms with Crippen molar-refractivity contribution < 1.29 is 17.9 Å². The average molecular weight is 422 g/mol. The lowest BCUT2D eigenvalue weighted by atomic mass is 9.83. The summed E-state index contributed by atoms with van der Waals surface area (Å²) in [4.78, 5) is 6.34. The first kappa shape index (κ1) is 21.3. The fraction of sp³-hybridized carbons (Fsp3) is 0.636. The van der Waals surface area contributed by atoms with Gasteiger partial charge in [0.05, 0.1) is 24.5 Å². The SMILES string of the molecule is CC(C)n1nc(-c2cncc(C(F)(F)F)c2)cc1C1CCC(N2CCOCC2)CC1. The maximum absolute atomic E-state index is 13.1. The van der Waals surface area contributed by atoms with E-state index < -0.39 is 11.7 Å². The molecule has 30 heavy (non-hydrogen) atoms. The van der Waals surface area contributed by atoms with Gasteiger partial charge in [-0.1, -0.05) is 0 Å². The molecule has 2 aromatic heterocycles. The molecule has 0 atom stereocenters. The molecule has 3 heterocycles. The topological polar surface area (TPSA) is 43.2 Å². The lowest BCUT2D eigenvalue weighted by molar-refractivity contribution is -0.137. The van der Waals surface area contributed by atoms with E-state index in [0.717, 1.165) is 69.9 Å². The third-order valence-corrected chi connectivity index (χ3v) is 6.29. The van der Waals surface area contributed by atoms with Crippen LogP contribution >= 0.6 is 0 Å². The molecule has 0 aromatic carbocycles. The standard InChI is InChI=1S/C22H29F3N4O/c1-15(2)29-21(16-3-5-19(6-4-16)28-7-9-30-10-8-28)12-20(27-29)17-11-18(14-26-13-17)22(23,24)25/h11-16,19H,3-10H2,1-2H3. The molecule has 0 bridgehead atoms. The summed E-state index contributed by atoms with van der Waals surface area (Å²) < 4.78 is 46.7. The molecule has 5 nitrogen and oxygen atoms in total. The van der Waals surface area contributed by atoms with Gasteiger partial charge < -0.3 is 4.74 Å². The highest BCUT2D eigenvalue weighted by atomic mass is 19.4. The van der Waals surface area contributed by atoms with Crippen molar-refractivity contribution in [1.82, 2.24) is 19.7 Å². The summed E-state index contributed by atoms with van der Waals surface area (Å²) in [6, 6.07) is 3.85. The monoisotopic (exact) mass is 422 g/mol. The van der Waals surface area contributed by atoms with E-state index in [2.05, 4.69) is 28.8 Å². The summed E-state index contributed by atoms with van der Waals surface area (Å²) in [5.74, 6) is 0.379. The number of halogens is 3. The molecule has 1 aliphatic heterocycles. The van der Waals surface area contributed by atoms with Crippen LogP contribution in [-0.2, 0) is 10.9 Å². The Hall–Kier alpha value is -1.93. The second-order valence-corrected chi connectivity index (χ2v) is 8.61. The van der Waals surface area contributed by atoms with Crippen molar-refractivity contribution >= 4 is 0 Å². The molecule has 4 rings (SSSR count). The van der Waals surface area contributed by atoms with E-state index in [0.29, 0.717) is 23.2 Å². The Labute approximate surface area is 175 Å². The summed E-state index contributed by atoms with van der Waals surface area (Å²) in [6.07, 6.45) is 2.31. The summed E-state index contributed by atoms with van der Waals surface area (Å²) in [5.41, 5.74) is 1.35. The zero-order valence-corrected chi connectivity index (χ0v) is 17.5. The van der Waals surface area contributed by atoms with Gasteiger partial charge in [-0.2, -0.15) is 18.3 Å². The van der Waals surface area contributed by atoms with Gasteiger partial charge in [-0.15, -0.1) is 0 Å². The van der Waals surface area contributed by atoms with Crippen molar-refractivity contribution in [3.05, 3.63) is 35.8 Å². The molecule has 0 amide bonds. The van der Waals surface area contributed by atoms with Crippen LogP contribution in [0, 0.1) is 0 Å². The van der Waals surface area contributed by atoms with Crippen LogP contribution in [0.3, 0.4) is 0 Å². The smallest absolute Gasteiger partial charge is 0.379 e. The fourth-order valence-electron chi connectivity index (χ4n) is 4.68. The van der Waals surface area contributed by atoms with Gasteiger partial charge in [-0.25, -0.2) is 0 Å². The average Bonchev–Trinajstić information content (AvgIpc) is 3.20. The highest BCUT2D eigenvalue weighted by Gasteiger charge is 2.32. The van der Waals surface area contributed by atoms with E-state index in [4.69, 9.17) is 4.74 Å². The molecule has 0 spiro atoms. The van der Waals surface area contributed by atoms with Crippen LogP contribution in [0.1, 0.15) is 62.7 Å². The highest BCUT2D eigenvalue weighted by molar-refractivity contribution is 5.59. The van der Waals surface area contributed by atoms with E-state index in [-0.39, 0.29) is 6.04 Å². The number of alkyl halides is 3. The van der Waals surface area contributed by atoms with Crippen LogP contribution in [0.15, 0.2) is 24.5 Å². The minimum atomic E-state index is -4.41. The first-order chi connectivity index (χ1) is 14.3. The first-order valence-electron chi connectivity index (χ1n) is 10.8. The lowest BCUT2D eigenvalue weighted by Crippen LogP contribution is -2.44. The van der Waals surface area contributed by atoms with Crippen molar-refractivity contribution in [2.24, 2.45) is 0 Å². The Bertz CT molecular complexity index is 850. The Morgan fingerprint density at radius 2 is 1.73 bits per heavy atom. The second-order valence-electron chi connectivity index (χ2n) is 8.61. The molecule has 1 aliphatic carbocycles. The number of aromatic nitrogens is 3. The van der Waals surface area contributed by atoms with Gasteiger partial charge in [0.15, 0.2) is 0 Å². The summed E-state index contributed by atoms with van der Waals surface area (Å²) in [5, 5.41) is 4.67. The number of hydrogen-bond acceptors (Lipinski definition) is 4. The Kier molecular flexibility index (Phi) is 6.16. The quantitative estimate of drug-likeness (QED) is 0.703. The Morgan fingerprint density at radius 1 is 1.03 bits per heavy atom. The zero-order chi connectivity index (χ0) is 21.3. The minimum absolute atomic E-state index is 0.143. The van der Waals surface area contributed by atoms with Crippen LogP contribution in [0.4, 0.5) is 13.2 Å². The number of hydrogen-bond donors (Lipinski definition) is 0. The number of morpholine rings is 1. The molecule has 0 N–H and O–H groups in total. The van der Waals surface area contributed by atoms with Crippen LogP contribution in [0.5, 0.6) is 0 Å². The Balaban J connectivity index is 1.54. The van der Waals surface area contributed by atoms with E-state index >= 15 is 0 Å². The largest absolute Gasteiger partial charge is 0.417 e. The number of pyridine rings is 1. The maximum atomic E-state index is 13.1. The molecule has 2 fully saturated rings. The van der Waals surface area contributed by atoms with Crippen molar-refractivity contribution in [3.8, 4) is 11.3 Å². The Morgan fingerprint density at radius 3 is 2.37 bits per heavy atom. The van der Waals surface area contributed by atoms with Crippen LogP contribution in [-0.4, -0.2) is 52.0 Å². The predicted octanol–water partition coefficient (Wildman–Crippen LogP) is 4.90. The first-order valence-corrected chi connectivity index (χ1v) is 10.8. The van der Waals surface area contributed by atoms with Crippen molar-refractivity contribution in [2.75, 3.05) is 26.3 Å². The molecule has 0 unspecified atom stereocenters. The van der Waals surface area contributed by atoms with Gasteiger partial charge in [0.1, 0.15) is 0 Å². The molecule has 2 aromatic rings. The molecule has 2 aliphatic rings. The van der Waals surface area contributed by atoms with Crippen molar-refractivity contribution in [1.29, 1.82) is 0 Å². The fourth-order valence-corrected chi connectivity index (χ4v) is 4.68. The third kappa shape index (κ3) is 4.54. The molecule has 164 valence electrons. The van der Waals surface area contributed by atoms with Gasteiger partial charge in [0.25, 0.3) is 0 Å². The lowest BCUT2D eigenvalue weighted by Gasteiger charge is -2.39. The normalized spacial score (nSPS) is 23.8. The third-order valence-electron chi connectivity index (χ3n) is 6.29. The van der Waals surface area contributed by atoms with Crippen molar-refractivity contribution in [2.45, 2.75) is 63.7 Å². The van der Waals surface area contributed by atoms with Crippen LogP contribution in [0.2, 0.25) is 0 Å². The summed E-state index contributed by atoms with van der Waals surface area (Å²) in [7, 11) is 0. The highest BCUT2D eigenvalue weighted by Crippen LogP contribution is 2.38. The van der Waals surface area contributed by atoms with E-state index in [9.17, 15) is 13.2 Å². The molecule has 1 saturated carbocycles. The van der Waals surface area contributed by atoms with Crippen LogP contribution in [0.25, 0.3) is 11.3 Å².